The average molecular weight is 587 g/mol. The van der Waals surface area contributed by atoms with Gasteiger partial charge in [-0.1, -0.05) is 43.5 Å². The summed E-state index contributed by atoms with van der Waals surface area (Å²) in [5, 5.41) is 19.6. The van der Waals surface area contributed by atoms with Gasteiger partial charge < -0.3 is 30.0 Å². The van der Waals surface area contributed by atoms with E-state index in [0.717, 1.165) is 50.1 Å². The van der Waals surface area contributed by atoms with Gasteiger partial charge in [-0.05, 0) is 74.4 Å². The highest BCUT2D eigenvalue weighted by Gasteiger charge is 2.33. The van der Waals surface area contributed by atoms with Crippen LogP contribution in [0.15, 0.2) is 78.4 Å². The third kappa shape index (κ3) is 7.80. The van der Waals surface area contributed by atoms with Crippen LogP contribution in [0.5, 0.6) is 0 Å². The molecule has 2 aliphatic rings. The average Bonchev–Trinajstić information content (AvgIpc) is 2.98. The first kappa shape index (κ1) is 31.7. The van der Waals surface area contributed by atoms with Crippen LogP contribution >= 0.6 is 0 Å². The van der Waals surface area contributed by atoms with Crippen LogP contribution < -0.4 is 5.32 Å². The molecule has 43 heavy (non-hydrogen) atoms. The Bertz CT molecular complexity index is 1460. The van der Waals surface area contributed by atoms with Gasteiger partial charge in [-0.2, -0.15) is 0 Å². The van der Waals surface area contributed by atoms with E-state index in [-0.39, 0.29) is 17.1 Å². The van der Waals surface area contributed by atoms with Crippen molar-refractivity contribution in [2.45, 2.75) is 64.8 Å². The van der Waals surface area contributed by atoms with E-state index >= 15 is 0 Å². The number of carbonyl (C=O) groups is 1. The first-order chi connectivity index (χ1) is 20.5. The number of carboxylic acid groups (broad SMARTS) is 1. The second-order valence-corrected chi connectivity index (χ2v) is 11.5. The van der Waals surface area contributed by atoms with Gasteiger partial charge in [0.2, 0.25) is 5.88 Å². The normalized spacial score (nSPS) is 19.2. The van der Waals surface area contributed by atoms with E-state index in [0.29, 0.717) is 41.7 Å². The predicted molar refractivity (Wildman–Crippen MR) is 169 cm³/mol. The molecule has 1 aromatic carbocycles. The molecule has 1 aromatic heterocycles. The Morgan fingerprint density at radius 1 is 1.30 bits per heavy atom. The minimum Gasteiger partial charge on any atom is -0.488 e. The van der Waals surface area contributed by atoms with Gasteiger partial charge in [-0.25, -0.2) is 9.78 Å². The molecule has 1 fully saturated rings. The Morgan fingerprint density at radius 3 is 2.74 bits per heavy atom. The lowest BCUT2D eigenvalue weighted by molar-refractivity contribution is -0.132. The van der Waals surface area contributed by atoms with Gasteiger partial charge in [0.25, 0.3) is 0 Å². The number of hydrogen-bond acceptors (Lipinski definition) is 8. The highest BCUT2D eigenvalue weighted by Crippen LogP contribution is 2.32. The molecule has 4 rings (SSSR count). The molecular weight excluding hydrogens is 544 g/mol. The number of rotatable bonds is 12. The standard InChI is InChI=1S/C34H42N4O5/c1-7-27(29-9-8-10-30(36-29)37-32(41-6)28(19-35)33(39)40)31(22(2)3)42-21-23-11-12-25-20-38(15-13-24(25)17-23)26-14-16-43-34(4,5)18-26/h7-12,17,19,26,35H,1-2,13-16,18,20-21H2,3-6H3,(H,36,37)(H,39,40)/b31-27-,32-28-,35-19?. The number of methoxy groups -OCH3 is 1. The van der Waals surface area contributed by atoms with Gasteiger partial charge in [-0.3, -0.25) is 4.90 Å². The van der Waals surface area contributed by atoms with Crippen molar-refractivity contribution in [1.82, 2.24) is 9.88 Å². The Hall–Kier alpha value is -4.21. The highest BCUT2D eigenvalue weighted by atomic mass is 16.5. The molecule has 0 bridgehead atoms. The maximum absolute atomic E-state index is 11.5. The molecule has 2 aliphatic heterocycles. The monoisotopic (exact) mass is 586 g/mol. The predicted octanol–water partition coefficient (Wildman–Crippen LogP) is 6.09. The maximum atomic E-state index is 11.5. The summed E-state index contributed by atoms with van der Waals surface area (Å²) in [5.74, 6) is -0.481. The van der Waals surface area contributed by atoms with E-state index in [1.165, 1.54) is 18.2 Å². The number of pyridine rings is 1. The second kappa shape index (κ2) is 13.8. The number of carboxylic acids is 1. The van der Waals surface area contributed by atoms with Crippen LogP contribution in [0.4, 0.5) is 5.82 Å². The third-order valence-electron chi connectivity index (χ3n) is 7.81. The summed E-state index contributed by atoms with van der Waals surface area (Å²) in [6.45, 7) is 17.5. The Kier molecular flexibility index (Phi) is 10.2. The molecule has 0 spiro atoms. The summed E-state index contributed by atoms with van der Waals surface area (Å²) < 4.78 is 17.4. The summed E-state index contributed by atoms with van der Waals surface area (Å²) in [4.78, 5) is 18.7. The molecule has 0 aliphatic carbocycles. The number of aliphatic carboxylic acids is 1. The highest BCUT2D eigenvalue weighted by molar-refractivity contribution is 6.08. The molecule has 0 radical (unpaired) electrons. The smallest absolute Gasteiger partial charge is 0.342 e. The Morgan fingerprint density at radius 2 is 2.09 bits per heavy atom. The Balaban J connectivity index is 1.51. The Labute approximate surface area is 254 Å². The van der Waals surface area contributed by atoms with E-state index in [4.69, 9.17) is 19.6 Å². The van der Waals surface area contributed by atoms with Crippen molar-refractivity contribution in [2.24, 2.45) is 0 Å². The van der Waals surface area contributed by atoms with Crippen molar-refractivity contribution >= 4 is 23.6 Å². The zero-order valence-electron chi connectivity index (χ0n) is 25.5. The molecule has 1 unspecified atom stereocenters. The summed E-state index contributed by atoms with van der Waals surface area (Å²) in [7, 11) is 1.32. The van der Waals surface area contributed by atoms with Crippen molar-refractivity contribution in [2.75, 3.05) is 25.6 Å². The van der Waals surface area contributed by atoms with Crippen LogP contribution in [0.1, 0.15) is 56.0 Å². The topological polar surface area (TPSA) is 117 Å². The third-order valence-corrected chi connectivity index (χ3v) is 7.81. The zero-order chi connectivity index (χ0) is 31.1. The molecule has 3 N–H and O–H groups in total. The number of aromatic nitrogens is 1. The molecule has 228 valence electrons. The fraction of sp³-hybridized carbons (Fsp3) is 0.382. The van der Waals surface area contributed by atoms with Crippen molar-refractivity contribution in [3.05, 3.63) is 101 Å². The lowest BCUT2D eigenvalue weighted by Crippen LogP contribution is -2.47. The zero-order valence-corrected chi connectivity index (χ0v) is 25.5. The van der Waals surface area contributed by atoms with Crippen molar-refractivity contribution in [1.29, 1.82) is 5.41 Å². The van der Waals surface area contributed by atoms with E-state index in [1.54, 1.807) is 18.2 Å². The summed E-state index contributed by atoms with van der Waals surface area (Å²) in [5.41, 5.74) is 5.34. The fourth-order valence-corrected chi connectivity index (χ4v) is 5.66. The van der Waals surface area contributed by atoms with Crippen LogP contribution in [0.3, 0.4) is 0 Å². The van der Waals surface area contributed by atoms with Gasteiger partial charge in [0, 0.05) is 37.5 Å². The molecule has 0 amide bonds. The number of nitrogens with one attached hydrogen (secondary N) is 2. The lowest BCUT2D eigenvalue weighted by atomic mass is 9.90. The first-order valence-corrected chi connectivity index (χ1v) is 14.5. The number of ether oxygens (including phenoxy) is 3. The van der Waals surface area contributed by atoms with Crippen molar-refractivity contribution in [3.8, 4) is 0 Å². The van der Waals surface area contributed by atoms with E-state index in [1.807, 2.05) is 13.0 Å². The van der Waals surface area contributed by atoms with Gasteiger partial charge in [0.15, 0.2) is 0 Å². The number of anilines is 1. The van der Waals surface area contributed by atoms with Gasteiger partial charge >= 0.3 is 5.97 Å². The van der Waals surface area contributed by atoms with Gasteiger partial charge in [0.1, 0.15) is 23.8 Å². The number of nitrogens with zero attached hydrogens (tertiary/aromatic N) is 2. The van der Waals surface area contributed by atoms with Crippen molar-refractivity contribution < 1.29 is 24.1 Å². The number of hydrogen-bond donors (Lipinski definition) is 3. The molecular formula is C34H42N4O5. The molecule has 1 saturated heterocycles. The second-order valence-electron chi connectivity index (χ2n) is 11.5. The molecule has 9 nitrogen and oxygen atoms in total. The van der Waals surface area contributed by atoms with Crippen molar-refractivity contribution in [3.63, 3.8) is 0 Å². The number of fused-ring (bicyclic) bond motifs is 1. The number of benzene rings is 1. The largest absolute Gasteiger partial charge is 0.488 e. The van der Waals surface area contributed by atoms with Crippen LogP contribution in [0, 0.1) is 5.41 Å². The van der Waals surface area contributed by atoms with Crippen LogP contribution in [-0.4, -0.2) is 59.1 Å². The summed E-state index contributed by atoms with van der Waals surface area (Å²) >= 11 is 0. The summed E-state index contributed by atoms with van der Waals surface area (Å²) in [6, 6.07) is 12.4. The summed E-state index contributed by atoms with van der Waals surface area (Å²) in [6.07, 6.45) is 5.52. The van der Waals surface area contributed by atoms with E-state index in [9.17, 15) is 9.90 Å². The molecule has 1 atom stereocenters. The van der Waals surface area contributed by atoms with Crippen LogP contribution in [0.25, 0.3) is 5.57 Å². The molecule has 0 saturated carbocycles. The molecule has 2 aromatic rings. The molecule has 3 heterocycles. The van der Waals surface area contributed by atoms with Crippen LogP contribution in [-0.2, 0) is 38.6 Å². The SMILES string of the molecule is C=C/C(=C(/OCc1ccc2c(c1)CCN(C1CCOC(C)(C)C1)C2)C(=C)C)c1cccc(N/C(OC)=C(\C=N)C(=O)O)n1. The van der Waals surface area contributed by atoms with Gasteiger partial charge in [-0.15, -0.1) is 0 Å². The lowest BCUT2D eigenvalue weighted by Gasteiger charge is -2.43. The molecule has 9 heteroatoms. The quantitative estimate of drug-likeness (QED) is 0.118. The minimum atomic E-state index is -1.29. The van der Waals surface area contributed by atoms with Crippen LogP contribution in [0.2, 0.25) is 0 Å². The van der Waals surface area contributed by atoms with E-state index < -0.39 is 5.97 Å². The fourth-order valence-electron chi connectivity index (χ4n) is 5.66. The van der Waals surface area contributed by atoms with Gasteiger partial charge in [0.05, 0.1) is 18.4 Å². The maximum Gasteiger partial charge on any atom is 0.342 e. The van der Waals surface area contributed by atoms with E-state index in [2.05, 4.69) is 60.4 Å². The first-order valence-electron chi connectivity index (χ1n) is 14.5. The number of allylic oxidation sites excluding steroid dienone is 3. The minimum absolute atomic E-state index is 0.0642.